The van der Waals surface area contributed by atoms with E-state index in [1.165, 1.54) is 98.4 Å². The van der Waals surface area contributed by atoms with Gasteiger partial charge in [0.25, 0.3) is 0 Å². The number of benzene rings is 9. The summed E-state index contributed by atoms with van der Waals surface area (Å²) in [6.07, 6.45) is 13.3. The van der Waals surface area contributed by atoms with Crippen LogP contribution in [0.5, 0.6) is 0 Å². The zero-order valence-electron chi connectivity index (χ0n) is 32.4. The molecule has 0 unspecified atom stereocenters. The van der Waals surface area contributed by atoms with E-state index in [0.29, 0.717) is 0 Å². The van der Waals surface area contributed by atoms with E-state index in [9.17, 15) is 0 Å². The van der Waals surface area contributed by atoms with Crippen LogP contribution in [0, 0.1) is 0 Å². The third-order valence-electron chi connectivity index (χ3n) is 12.4. The van der Waals surface area contributed by atoms with Gasteiger partial charge < -0.3 is 4.40 Å². The Hall–Kier alpha value is -7.55. The van der Waals surface area contributed by atoms with Crippen molar-refractivity contribution in [2.24, 2.45) is 0 Å². The SMILES string of the molecule is C1=CC(c2ccn3cc(-c4ccc(-c5c6ccccc6c(-c6c7ccccc7c(-c7ccc8ccccc8c7)c7ccccc67)c6ccccc56)cc4)nc3c2)=CCC1. The minimum atomic E-state index is 0.958. The Morgan fingerprint density at radius 1 is 0.390 bits per heavy atom. The molecular weight excluding hydrogens is 713 g/mol. The van der Waals surface area contributed by atoms with E-state index >= 15 is 0 Å². The lowest BCUT2D eigenvalue weighted by Crippen LogP contribution is -1.94. The number of pyridine rings is 1. The van der Waals surface area contributed by atoms with E-state index in [1.54, 1.807) is 0 Å². The number of aromatic nitrogens is 2. The molecule has 2 heteroatoms. The lowest BCUT2D eigenvalue weighted by atomic mass is 9.81. The van der Waals surface area contributed by atoms with Crippen molar-refractivity contribution in [2.45, 2.75) is 12.8 Å². The number of hydrogen-bond acceptors (Lipinski definition) is 1. The molecule has 2 heterocycles. The molecule has 0 N–H and O–H groups in total. The van der Waals surface area contributed by atoms with Crippen LogP contribution in [0.2, 0.25) is 0 Å². The zero-order chi connectivity index (χ0) is 38.9. The smallest absolute Gasteiger partial charge is 0.138 e. The van der Waals surface area contributed by atoms with E-state index < -0.39 is 0 Å². The molecule has 9 aromatic carbocycles. The van der Waals surface area contributed by atoms with Crippen molar-refractivity contribution in [1.82, 2.24) is 9.38 Å². The van der Waals surface area contributed by atoms with Gasteiger partial charge in [0.2, 0.25) is 0 Å². The van der Waals surface area contributed by atoms with Crippen LogP contribution < -0.4 is 0 Å². The molecule has 1 aliphatic rings. The molecule has 12 rings (SSSR count). The second-order valence-corrected chi connectivity index (χ2v) is 15.8. The first-order valence-electron chi connectivity index (χ1n) is 20.6. The first-order valence-corrected chi connectivity index (χ1v) is 20.6. The molecule has 1 aliphatic carbocycles. The summed E-state index contributed by atoms with van der Waals surface area (Å²) in [4.78, 5) is 5.09. The fourth-order valence-corrected chi connectivity index (χ4v) is 9.70. The van der Waals surface area contributed by atoms with Crippen LogP contribution in [-0.4, -0.2) is 9.38 Å². The topological polar surface area (TPSA) is 17.3 Å². The van der Waals surface area contributed by atoms with Crippen LogP contribution in [0.15, 0.2) is 207 Å². The molecule has 0 aliphatic heterocycles. The summed E-state index contributed by atoms with van der Waals surface area (Å²) >= 11 is 0. The molecule has 0 saturated carbocycles. The van der Waals surface area contributed by atoms with E-state index in [2.05, 4.69) is 211 Å². The number of hydrogen-bond donors (Lipinski definition) is 0. The van der Waals surface area contributed by atoms with Crippen molar-refractivity contribution in [3.63, 3.8) is 0 Å². The van der Waals surface area contributed by atoms with Crippen molar-refractivity contribution < 1.29 is 0 Å². The molecule has 11 aromatic rings. The van der Waals surface area contributed by atoms with Gasteiger partial charge in [-0.15, -0.1) is 0 Å². The van der Waals surface area contributed by atoms with Gasteiger partial charge in [-0.05, 0) is 129 Å². The third kappa shape index (κ3) is 5.45. The van der Waals surface area contributed by atoms with E-state index in [1.807, 2.05) is 0 Å². The number of nitrogens with zero attached hydrogens (tertiary/aromatic N) is 2. The Labute approximate surface area is 342 Å². The molecule has 0 fully saturated rings. The minimum absolute atomic E-state index is 0.958. The number of allylic oxidation sites excluding steroid dienone is 4. The predicted octanol–water partition coefficient (Wildman–Crippen LogP) is 15.5. The standard InChI is InChI=1S/C57H38N2/c1-2-14-37(15-3-1)42-32-33-59-36-52(58-53(59)35-42)39-27-29-40(30-28-39)54-44-18-6-10-22-48(44)56(49-23-11-7-19-45(49)54)57-50-24-12-8-20-46(50)55(47-21-9-13-25-51(47)57)43-31-26-38-16-4-5-17-41(38)34-43/h2,4-36H,1,3H2. The first kappa shape index (κ1) is 33.6. The van der Waals surface area contributed by atoms with Gasteiger partial charge in [-0.25, -0.2) is 4.98 Å². The summed E-state index contributed by atoms with van der Waals surface area (Å²) in [5, 5.41) is 12.5. The number of rotatable bonds is 5. The van der Waals surface area contributed by atoms with Crippen LogP contribution in [0.4, 0.5) is 0 Å². The monoisotopic (exact) mass is 750 g/mol. The molecule has 0 atom stereocenters. The van der Waals surface area contributed by atoms with Gasteiger partial charge in [0, 0.05) is 18.0 Å². The molecule has 0 amide bonds. The summed E-state index contributed by atoms with van der Waals surface area (Å²) in [6.45, 7) is 0. The van der Waals surface area contributed by atoms with Crippen LogP contribution in [0.1, 0.15) is 18.4 Å². The summed E-state index contributed by atoms with van der Waals surface area (Å²) in [5.74, 6) is 0. The Morgan fingerprint density at radius 3 is 1.44 bits per heavy atom. The Balaban J connectivity index is 1.05. The van der Waals surface area contributed by atoms with Crippen molar-refractivity contribution in [2.75, 3.05) is 0 Å². The van der Waals surface area contributed by atoms with Crippen molar-refractivity contribution in [3.8, 4) is 44.6 Å². The molecule has 59 heavy (non-hydrogen) atoms. The van der Waals surface area contributed by atoms with Crippen LogP contribution in [-0.2, 0) is 0 Å². The molecule has 2 aromatic heterocycles. The summed E-state index contributed by atoms with van der Waals surface area (Å²) in [7, 11) is 0. The fourth-order valence-electron chi connectivity index (χ4n) is 9.70. The van der Waals surface area contributed by atoms with E-state index in [0.717, 1.165) is 29.7 Å². The summed E-state index contributed by atoms with van der Waals surface area (Å²) in [5.41, 5.74) is 13.0. The summed E-state index contributed by atoms with van der Waals surface area (Å²) < 4.78 is 2.13. The molecular formula is C57H38N2. The highest BCUT2D eigenvalue weighted by atomic mass is 15.0. The largest absolute Gasteiger partial charge is 0.306 e. The Morgan fingerprint density at radius 2 is 0.881 bits per heavy atom. The van der Waals surface area contributed by atoms with E-state index in [4.69, 9.17) is 4.98 Å². The average Bonchev–Trinajstić information content (AvgIpc) is 3.74. The molecule has 0 spiro atoms. The predicted molar refractivity (Wildman–Crippen MR) is 251 cm³/mol. The van der Waals surface area contributed by atoms with Crippen molar-refractivity contribution >= 4 is 65.1 Å². The van der Waals surface area contributed by atoms with Crippen molar-refractivity contribution in [1.29, 1.82) is 0 Å². The first-order chi connectivity index (χ1) is 29.3. The zero-order valence-corrected chi connectivity index (χ0v) is 32.4. The molecule has 0 bridgehead atoms. The van der Waals surface area contributed by atoms with Gasteiger partial charge in [0.05, 0.1) is 5.69 Å². The normalized spacial score (nSPS) is 13.0. The highest BCUT2D eigenvalue weighted by Gasteiger charge is 2.22. The molecule has 276 valence electrons. The van der Waals surface area contributed by atoms with E-state index in [-0.39, 0.29) is 0 Å². The second-order valence-electron chi connectivity index (χ2n) is 15.8. The molecule has 0 saturated heterocycles. The lowest BCUT2D eigenvalue weighted by molar-refractivity contribution is 1.04. The number of imidazole rings is 1. The molecule has 0 radical (unpaired) electrons. The number of fused-ring (bicyclic) bond motifs is 6. The highest BCUT2D eigenvalue weighted by molar-refractivity contribution is 6.30. The second kappa shape index (κ2) is 13.5. The van der Waals surface area contributed by atoms with Crippen LogP contribution >= 0.6 is 0 Å². The van der Waals surface area contributed by atoms with Gasteiger partial charge in [-0.1, -0.05) is 176 Å². The van der Waals surface area contributed by atoms with Gasteiger partial charge >= 0.3 is 0 Å². The third-order valence-corrected chi connectivity index (χ3v) is 12.4. The van der Waals surface area contributed by atoms with Crippen LogP contribution in [0.3, 0.4) is 0 Å². The van der Waals surface area contributed by atoms with Gasteiger partial charge in [-0.3, -0.25) is 0 Å². The van der Waals surface area contributed by atoms with Crippen LogP contribution in [0.25, 0.3) is 110 Å². The van der Waals surface area contributed by atoms with Crippen molar-refractivity contribution in [3.05, 3.63) is 212 Å². The highest BCUT2D eigenvalue weighted by Crippen LogP contribution is 2.50. The fraction of sp³-hybridized carbons (Fsp3) is 0.0351. The Kier molecular flexibility index (Phi) is 7.71. The average molecular weight is 751 g/mol. The maximum absolute atomic E-state index is 5.09. The lowest BCUT2D eigenvalue weighted by Gasteiger charge is -2.22. The summed E-state index contributed by atoms with van der Waals surface area (Å²) in [6, 6.07) is 65.0. The maximum atomic E-state index is 5.09. The maximum Gasteiger partial charge on any atom is 0.138 e. The minimum Gasteiger partial charge on any atom is -0.306 e. The van der Waals surface area contributed by atoms with Gasteiger partial charge in [0.15, 0.2) is 0 Å². The van der Waals surface area contributed by atoms with Gasteiger partial charge in [-0.2, -0.15) is 0 Å². The quantitative estimate of drug-likeness (QED) is 0.160. The van der Waals surface area contributed by atoms with Gasteiger partial charge in [0.1, 0.15) is 5.65 Å². The molecule has 2 nitrogen and oxygen atoms in total. The Bertz CT molecular complexity index is 3430.